The largest absolute Gasteiger partial charge is 0.480 e. The van der Waals surface area contributed by atoms with Crippen LogP contribution in [-0.2, 0) is 14.3 Å². The summed E-state index contributed by atoms with van der Waals surface area (Å²) in [5.41, 5.74) is 4.55. The number of alkyl carbamates (subject to hydrolysis) is 1. The number of amides is 2. The monoisotopic (exact) mass is 466 g/mol. The molecule has 34 heavy (non-hydrogen) atoms. The highest BCUT2D eigenvalue weighted by molar-refractivity contribution is 5.86. The van der Waals surface area contributed by atoms with Crippen LogP contribution >= 0.6 is 0 Å². The zero-order chi connectivity index (χ0) is 25.0. The lowest BCUT2D eigenvalue weighted by Crippen LogP contribution is -2.52. The van der Waals surface area contributed by atoms with E-state index in [0.717, 1.165) is 22.3 Å². The van der Waals surface area contributed by atoms with E-state index in [-0.39, 0.29) is 24.3 Å². The van der Waals surface area contributed by atoms with E-state index in [9.17, 15) is 19.5 Å². The highest BCUT2D eigenvalue weighted by Crippen LogP contribution is 2.44. The molecule has 3 atom stereocenters. The number of ether oxygens (including phenoxy) is 1. The van der Waals surface area contributed by atoms with Crippen LogP contribution in [0, 0.1) is 11.8 Å². The number of benzene rings is 2. The summed E-state index contributed by atoms with van der Waals surface area (Å²) < 4.78 is 5.62. The number of hydrogen-bond acceptors (Lipinski definition) is 4. The molecule has 0 aliphatic heterocycles. The Balaban J connectivity index is 1.67. The molecule has 0 saturated heterocycles. The molecule has 1 aliphatic carbocycles. The Bertz CT molecular complexity index is 1010. The zero-order valence-electron chi connectivity index (χ0n) is 20.4. The van der Waals surface area contributed by atoms with Crippen LogP contribution < -0.4 is 5.32 Å². The van der Waals surface area contributed by atoms with Gasteiger partial charge in [0.15, 0.2) is 0 Å². The molecule has 2 aromatic carbocycles. The van der Waals surface area contributed by atoms with E-state index in [2.05, 4.69) is 29.6 Å². The van der Waals surface area contributed by atoms with E-state index in [0.29, 0.717) is 6.42 Å². The van der Waals surface area contributed by atoms with Gasteiger partial charge in [0.2, 0.25) is 5.91 Å². The number of fused-ring (bicyclic) bond motifs is 3. The average Bonchev–Trinajstić information content (AvgIpc) is 3.11. The van der Waals surface area contributed by atoms with Crippen molar-refractivity contribution in [3.8, 4) is 11.1 Å². The number of nitrogens with one attached hydrogen (secondary N) is 1. The highest BCUT2D eigenvalue weighted by atomic mass is 16.5. The van der Waals surface area contributed by atoms with Gasteiger partial charge in [-0.05, 0) is 41.5 Å². The predicted molar refractivity (Wildman–Crippen MR) is 130 cm³/mol. The normalized spacial score (nSPS) is 15.1. The Hall–Kier alpha value is -3.35. The maximum Gasteiger partial charge on any atom is 0.407 e. The number of aliphatic carboxylic acids is 1. The number of nitrogens with zero attached hydrogens (tertiary/aromatic N) is 1. The van der Waals surface area contributed by atoms with Crippen LogP contribution in [0.1, 0.15) is 51.2 Å². The molecular weight excluding hydrogens is 432 g/mol. The van der Waals surface area contributed by atoms with Crippen molar-refractivity contribution in [3.05, 3.63) is 59.7 Å². The summed E-state index contributed by atoms with van der Waals surface area (Å²) in [5, 5.41) is 12.2. The van der Waals surface area contributed by atoms with E-state index >= 15 is 0 Å². The van der Waals surface area contributed by atoms with E-state index in [1.807, 2.05) is 38.1 Å². The van der Waals surface area contributed by atoms with Gasteiger partial charge in [-0.3, -0.25) is 4.79 Å². The second-order valence-electron chi connectivity index (χ2n) is 9.24. The molecule has 0 aromatic heterocycles. The Labute approximate surface area is 201 Å². The van der Waals surface area contributed by atoms with Crippen molar-refractivity contribution >= 4 is 18.0 Å². The topological polar surface area (TPSA) is 95.9 Å². The predicted octanol–water partition coefficient (Wildman–Crippen LogP) is 4.51. The summed E-state index contributed by atoms with van der Waals surface area (Å²) in [6.07, 6.45) is -0.294. The van der Waals surface area contributed by atoms with Crippen LogP contribution in [0.3, 0.4) is 0 Å². The summed E-state index contributed by atoms with van der Waals surface area (Å²) in [6, 6.07) is 14.8. The van der Waals surface area contributed by atoms with Crippen LogP contribution in [-0.4, -0.2) is 53.7 Å². The molecule has 0 radical (unpaired) electrons. The van der Waals surface area contributed by atoms with Crippen LogP contribution in [0.4, 0.5) is 4.79 Å². The number of rotatable bonds is 9. The first-order valence-corrected chi connectivity index (χ1v) is 11.8. The molecule has 3 unspecified atom stereocenters. The summed E-state index contributed by atoms with van der Waals surface area (Å²) in [7, 11) is 1.50. The summed E-state index contributed by atoms with van der Waals surface area (Å²) in [4.78, 5) is 38.6. The molecule has 3 rings (SSSR count). The third-order valence-electron chi connectivity index (χ3n) is 6.72. The number of hydrogen-bond donors (Lipinski definition) is 2. The van der Waals surface area contributed by atoms with E-state index in [1.165, 1.54) is 11.9 Å². The maximum absolute atomic E-state index is 13.1. The molecule has 7 heteroatoms. The van der Waals surface area contributed by atoms with E-state index < -0.39 is 30.1 Å². The van der Waals surface area contributed by atoms with Gasteiger partial charge in [-0.2, -0.15) is 0 Å². The fourth-order valence-electron chi connectivity index (χ4n) is 4.99. The standard InChI is InChI=1S/C27H34N2O5/c1-6-23(26(31)32)29(5)25(30)24(16(2)3)17(4)28-27(33)34-15-22-20-13-9-7-11-18(20)19-12-8-10-14-21(19)22/h7-14,16-17,22-24H,6,15H2,1-5H3,(H,28,33)(H,31,32). The lowest BCUT2D eigenvalue weighted by molar-refractivity contribution is -0.152. The van der Waals surface area contributed by atoms with Crippen LogP contribution in [0.5, 0.6) is 0 Å². The minimum atomic E-state index is -1.04. The van der Waals surface area contributed by atoms with Crippen molar-refractivity contribution in [1.29, 1.82) is 0 Å². The van der Waals surface area contributed by atoms with Gasteiger partial charge in [0.05, 0.1) is 5.92 Å². The summed E-state index contributed by atoms with van der Waals surface area (Å²) in [5.74, 6) is -2.10. The number of carboxylic acid groups (broad SMARTS) is 1. The van der Waals surface area contributed by atoms with Gasteiger partial charge < -0.3 is 20.1 Å². The zero-order valence-corrected chi connectivity index (χ0v) is 20.4. The second kappa shape index (κ2) is 10.7. The van der Waals surface area contributed by atoms with Crippen LogP contribution in [0.15, 0.2) is 48.5 Å². The van der Waals surface area contributed by atoms with Gasteiger partial charge in [0.1, 0.15) is 12.6 Å². The number of carboxylic acids is 1. The van der Waals surface area contributed by atoms with Gasteiger partial charge >= 0.3 is 12.1 Å². The second-order valence-corrected chi connectivity index (χ2v) is 9.24. The first kappa shape index (κ1) is 25.3. The highest BCUT2D eigenvalue weighted by Gasteiger charge is 2.36. The fraction of sp³-hybridized carbons (Fsp3) is 0.444. The quantitative estimate of drug-likeness (QED) is 0.567. The number of carbonyl (C=O) groups excluding carboxylic acids is 2. The average molecular weight is 467 g/mol. The van der Waals surface area contributed by atoms with Crippen molar-refractivity contribution < 1.29 is 24.2 Å². The van der Waals surface area contributed by atoms with Crippen LogP contribution in [0.25, 0.3) is 11.1 Å². The molecule has 7 nitrogen and oxygen atoms in total. The molecular formula is C27H34N2O5. The minimum absolute atomic E-state index is 0.0528. The van der Waals surface area contributed by atoms with Gasteiger partial charge in [0.25, 0.3) is 0 Å². The van der Waals surface area contributed by atoms with Crippen molar-refractivity contribution in [3.63, 3.8) is 0 Å². The molecule has 0 heterocycles. The molecule has 2 N–H and O–H groups in total. The molecule has 0 saturated carbocycles. The van der Waals surface area contributed by atoms with Crippen molar-refractivity contribution in [2.45, 2.75) is 52.1 Å². The Morgan fingerprint density at radius 1 is 1.00 bits per heavy atom. The molecule has 0 fully saturated rings. The fourth-order valence-corrected chi connectivity index (χ4v) is 4.99. The summed E-state index contributed by atoms with van der Waals surface area (Å²) in [6.45, 7) is 7.43. The van der Waals surface area contributed by atoms with Gasteiger partial charge in [-0.15, -0.1) is 0 Å². The molecule has 0 bridgehead atoms. The number of carbonyl (C=O) groups is 3. The molecule has 1 aliphatic rings. The van der Waals surface area contributed by atoms with Crippen molar-refractivity contribution in [1.82, 2.24) is 10.2 Å². The first-order valence-electron chi connectivity index (χ1n) is 11.8. The third-order valence-corrected chi connectivity index (χ3v) is 6.72. The SMILES string of the molecule is CCC(C(=O)O)N(C)C(=O)C(C(C)C)C(C)NC(=O)OCC1c2ccccc2-c2ccccc21. The van der Waals surface area contributed by atoms with Crippen LogP contribution in [0.2, 0.25) is 0 Å². The third kappa shape index (κ3) is 5.08. The minimum Gasteiger partial charge on any atom is -0.480 e. The van der Waals surface area contributed by atoms with Gasteiger partial charge in [-0.25, -0.2) is 9.59 Å². The van der Waals surface area contributed by atoms with Crippen molar-refractivity contribution in [2.24, 2.45) is 11.8 Å². The molecule has 2 amide bonds. The smallest absolute Gasteiger partial charge is 0.407 e. The van der Waals surface area contributed by atoms with E-state index in [4.69, 9.17) is 4.74 Å². The molecule has 2 aromatic rings. The van der Waals surface area contributed by atoms with E-state index in [1.54, 1.807) is 13.8 Å². The van der Waals surface area contributed by atoms with Crippen molar-refractivity contribution in [2.75, 3.05) is 13.7 Å². The Morgan fingerprint density at radius 2 is 1.53 bits per heavy atom. The van der Waals surface area contributed by atoms with Gasteiger partial charge in [-0.1, -0.05) is 69.3 Å². The first-order chi connectivity index (χ1) is 16.2. The lowest BCUT2D eigenvalue weighted by Gasteiger charge is -2.33. The molecule has 182 valence electrons. The lowest BCUT2D eigenvalue weighted by atomic mass is 9.87. The number of likely N-dealkylation sites (N-methyl/N-ethyl adjacent to an activating group) is 1. The summed E-state index contributed by atoms with van der Waals surface area (Å²) >= 11 is 0. The van der Waals surface area contributed by atoms with Gasteiger partial charge in [0, 0.05) is 19.0 Å². The maximum atomic E-state index is 13.1. The Morgan fingerprint density at radius 3 is 2.00 bits per heavy atom. The Kier molecular flexibility index (Phi) is 7.97. The molecule has 0 spiro atoms.